The van der Waals surface area contributed by atoms with Crippen molar-refractivity contribution in [2.24, 2.45) is 0 Å². The Hall–Kier alpha value is -2.86. The molecule has 0 radical (unpaired) electrons. The molecule has 1 N–H and O–H groups in total. The number of anilines is 1. The standard InChI is InChI=1S/C25H30N6/c1-18(2)29-24-27-13-19(14-28-24)16-31-12-6-10-25(17-31)11-9-21-15-26-23(30-22(21)25)20-7-4-3-5-8-20/h3-5,7-8,13-15,18H,6,9-12,16-17H2,1-2H3,(H,27,28,29). The van der Waals surface area contributed by atoms with Gasteiger partial charge in [0.1, 0.15) is 0 Å². The van der Waals surface area contributed by atoms with Crippen molar-refractivity contribution in [2.75, 3.05) is 18.4 Å². The van der Waals surface area contributed by atoms with Crippen LogP contribution in [0.5, 0.6) is 0 Å². The highest BCUT2D eigenvalue weighted by molar-refractivity contribution is 5.55. The number of aryl methyl sites for hydroxylation is 1. The molecule has 0 amide bonds. The molecule has 3 aromatic rings. The lowest BCUT2D eigenvalue weighted by atomic mass is 9.77. The van der Waals surface area contributed by atoms with E-state index in [4.69, 9.17) is 4.98 Å². The van der Waals surface area contributed by atoms with Gasteiger partial charge in [0.05, 0.1) is 5.69 Å². The van der Waals surface area contributed by atoms with Crippen LogP contribution in [0.2, 0.25) is 0 Å². The van der Waals surface area contributed by atoms with E-state index in [9.17, 15) is 0 Å². The lowest BCUT2D eigenvalue weighted by Gasteiger charge is -2.40. The van der Waals surface area contributed by atoms with Gasteiger partial charge in [0.15, 0.2) is 5.82 Å². The molecule has 2 aromatic heterocycles. The van der Waals surface area contributed by atoms with Crippen LogP contribution in [0, 0.1) is 0 Å². The van der Waals surface area contributed by atoms with Crippen molar-refractivity contribution in [3.63, 3.8) is 0 Å². The molecule has 0 saturated carbocycles. The highest BCUT2D eigenvalue weighted by atomic mass is 15.2. The van der Waals surface area contributed by atoms with Crippen molar-refractivity contribution in [3.8, 4) is 11.4 Å². The van der Waals surface area contributed by atoms with E-state index in [1.54, 1.807) is 0 Å². The van der Waals surface area contributed by atoms with Gasteiger partial charge in [-0.15, -0.1) is 0 Å². The smallest absolute Gasteiger partial charge is 0.222 e. The Bertz CT molecular complexity index is 1030. The SMILES string of the molecule is CC(C)Nc1ncc(CN2CCCC3(CCc4cnc(-c5ccccc5)nc43)C2)cn1. The van der Waals surface area contributed by atoms with Gasteiger partial charge in [-0.3, -0.25) is 4.90 Å². The van der Waals surface area contributed by atoms with Crippen LogP contribution in [0.25, 0.3) is 11.4 Å². The van der Waals surface area contributed by atoms with Crippen molar-refractivity contribution in [2.45, 2.75) is 57.5 Å². The van der Waals surface area contributed by atoms with Crippen LogP contribution < -0.4 is 5.32 Å². The largest absolute Gasteiger partial charge is 0.352 e. The van der Waals surface area contributed by atoms with Gasteiger partial charge in [-0.1, -0.05) is 30.3 Å². The maximum absolute atomic E-state index is 5.11. The fourth-order valence-corrected chi connectivity index (χ4v) is 5.05. The lowest BCUT2D eigenvalue weighted by molar-refractivity contribution is 0.136. The molecule has 1 aromatic carbocycles. The molecule has 6 heteroatoms. The molecule has 31 heavy (non-hydrogen) atoms. The van der Waals surface area contributed by atoms with Gasteiger partial charge in [0, 0.05) is 54.3 Å². The topological polar surface area (TPSA) is 66.8 Å². The molecule has 1 unspecified atom stereocenters. The molecule has 1 aliphatic carbocycles. The minimum Gasteiger partial charge on any atom is -0.352 e. The van der Waals surface area contributed by atoms with Crippen molar-refractivity contribution < 1.29 is 0 Å². The second-order valence-electron chi connectivity index (χ2n) is 9.24. The summed E-state index contributed by atoms with van der Waals surface area (Å²) in [7, 11) is 0. The van der Waals surface area contributed by atoms with Crippen LogP contribution >= 0.6 is 0 Å². The van der Waals surface area contributed by atoms with E-state index in [-0.39, 0.29) is 5.41 Å². The molecule has 0 bridgehead atoms. The first-order valence-electron chi connectivity index (χ1n) is 11.3. The van der Waals surface area contributed by atoms with E-state index in [2.05, 4.69) is 57.3 Å². The van der Waals surface area contributed by atoms with Crippen molar-refractivity contribution in [1.82, 2.24) is 24.8 Å². The molecule has 1 fully saturated rings. The van der Waals surface area contributed by atoms with Gasteiger partial charge in [-0.25, -0.2) is 19.9 Å². The van der Waals surface area contributed by atoms with E-state index < -0.39 is 0 Å². The molecule has 1 atom stereocenters. The summed E-state index contributed by atoms with van der Waals surface area (Å²) in [6.07, 6.45) is 10.6. The normalized spacial score (nSPS) is 20.9. The third-order valence-electron chi connectivity index (χ3n) is 6.46. The summed E-state index contributed by atoms with van der Waals surface area (Å²) < 4.78 is 0. The van der Waals surface area contributed by atoms with Crippen LogP contribution in [-0.2, 0) is 18.4 Å². The highest BCUT2D eigenvalue weighted by Gasteiger charge is 2.43. The first kappa shape index (κ1) is 20.1. The fraction of sp³-hybridized carbons (Fsp3) is 0.440. The number of likely N-dealkylation sites (tertiary alicyclic amines) is 1. The molecule has 1 spiro atoms. The highest BCUT2D eigenvalue weighted by Crippen LogP contribution is 2.44. The summed E-state index contributed by atoms with van der Waals surface area (Å²) in [6.45, 7) is 7.22. The van der Waals surface area contributed by atoms with E-state index in [1.807, 2.05) is 30.6 Å². The third kappa shape index (κ3) is 4.17. The van der Waals surface area contributed by atoms with Crippen molar-refractivity contribution in [1.29, 1.82) is 0 Å². The van der Waals surface area contributed by atoms with E-state index in [1.165, 1.54) is 30.5 Å². The molecule has 160 valence electrons. The lowest BCUT2D eigenvalue weighted by Crippen LogP contribution is -2.45. The zero-order chi connectivity index (χ0) is 21.3. The zero-order valence-corrected chi connectivity index (χ0v) is 18.4. The predicted octanol–water partition coefficient (Wildman–Crippen LogP) is 4.23. The Balaban J connectivity index is 1.35. The third-order valence-corrected chi connectivity index (χ3v) is 6.46. The molecule has 5 rings (SSSR count). The number of fused-ring (bicyclic) bond motifs is 2. The van der Waals surface area contributed by atoms with Crippen LogP contribution in [0.15, 0.2) is 48.9 Å². The monoisotopic (exact) mass is 414 g/mol. The predicted molar refractivity (Wildman–Crippen MR) is 123 cm³/mol. The summed E-state index contributed by atoms with van der Waals surface area (Å²) in [5.74, 6) is 1.54. The van der Waals surface area contributed by atoms with Crippen LogP contribution in [-0.4, -0.2) is 44.0 Å². The number of benzene rings is 1. The second kappa shape index (κ2) is 8.35. The van der Waals surface area contributed by atoms with Gasteiger partial charge >= 0.3 is 0 Å². The summed E-state index contributed by atoms with van der Waals surface area (Å²) in [5.41, 5.74) is 5.00. The summed E-state index contributed by atoms with van der Waals surface area (Å²) >= 11 is 0. The summed E-state index contributed by atoms with van der Waals surface area (Å²) in [6, 6.07) is 10.6. The molecule has 2 aliphatic rings. The number of hydrogen-bond donors (Lipinski definition) is 1. The number of piperidine rings is 1. The number of nitrogens with one attached hydrogen (secondary N) is 1. The van der Waals surface area contributed by atoms with Gasteiger partial charge in [0.2, 0.25) is 5.95 Å². The van der Waals surface area contributed by atoms with Crippen LogP contribution in [0.3, 0.4) is 0 Å². The Morgan fingerprint density at radius 3 is 2.61 bits per heavy atom. The van der Waals surface area contributed by atoms with Gasteiger partial charge in [-0.05, 0) is 51.6 Å². The zero-order valence-electron chi connectivity index (χ0n) is 18.4. The molecule has 6 nitrogen and oxygen atoms in total. The van der Waals surface area contributed by atoms with Gasteiger partial charge in [0.25, 0.3) is 0 Å². The van der Waals surface area contributed by atoms with E-state index in [0.29, 0.717) is 12.0 Å². The molecular formula is C25H30N6. The average molecular weight is 415 g/mol. The quantitative estimate of drug-likeness (QED) is 0.674. The second-order valence-corrected chi connectivity index (χ2v) is 9.24. The maximum atomic E-state index is 5.11. The molecule has 1 aliphatic heterocycles. The maximum Gasteiger partial charge on any atom is 0.222 e. The number of aromatic nitrogens is 4. The van der Waals surface area contributed by atoms with E-state index in [0.717, 1.165) is 43.0 Å². The number of nitrogens with zero attached hydrogens (tertiary/aromatic N) is 5. The molecule has 3 heterocycles. The first-order chi connectivity index (χ1) is 15.1. The molecular weight excluding hydrogens is 384 g/mol. The van der Waals surface area contributed by atoms with Crippen LogP contribution in [0.1, 0.15) is 49.9 Å². The summed E-state index contributed by atoms with van der Waals surface area (Å²) in [5, 5.41) is 3.25. The van der Waals surface area contributed by atoms with Gasteiger partial charge in [-0.2, -0.15) is 0 Å². The summed E-state index contributed by atoms with van der Waals surface area (Å²) in [4.78, 5) is 21.3. The number of rotatable bonds is 5. The Kier molecular flexibility index (Phi) is 5.40. The Labute approximate surface area is 184 Å². The minimum atomic E-state index is 0.139. The number of hydrogen-bond acceptors (Lipinski definition) is 6. The molecule has 1 saturated heterocycles. The van der Waals surface area contributed by atoms with Crippen LogP contribution in [0.4, 0.5) is 5.95 Å². The Morgan fingerprint density at radius 1 is 1.03 bits per heavy atom. The van der Waals surface area contributed by atoms with Crippen molar-refractivity contribution >= 4 is 5.95 Å². The average Bonchev–Trinajstić information content (AvgIpc) is 3.12. The van der Waals surface area contributed by atoms with Crippen molar-refractivity contribution in [3.05, 3.63) is 65.7 Å². The Morgan fingerprint density at radius 2 is 1.84 bits per heavy atom. The fourth-order valence-electron chi connectivity index (χ4n) is 5.05. The first-order valence-corrected chi connectivity index (χ1v) is 11.3. The van der Waals surface area contributed by atoms with E-state index >= 15 is 0 Å². The minimum absolute atomic E-state index is 0.139. The van der Waals surface area contributed by atoms with Gasteiger partial charge < -0.3 is 5.32 Å².